The minimum absolute atomic E-state index is 0.149. The fraction of sp³-hybridized carbons (Fsp3) is 0.900. The van der Waals surface area contributed by atoms with Crippen LogP contribution in [0.5, 0.6) is 0 Å². The lowest BCUT2D eigenvalue weighted by Gasteiger charge is -2.47. The van der Waals surface area contributed by atoms with Crippen molar-refractivity contribution in [2.45, 2.75) is 45.8 Å². The molecule has 0 bridgehead atoms. The number of nitrogens with zero attached hydrogens (tertiary/aromatic N) is 1. The van der Waals surface area contributed by atoms with Gasteiger partial charge in [0.05, 0.1) is 17.0 Å². The van der Waals surface area contributed by atoms with E-state index >= 15 is 0 Å². The number of hydrogen-bond acceptors (Lipinski definition) is 2. The van der Waals surface area contributed by atoms with Crippen molar-refractivity contribution in [3.8, 4) is 0 Å². The van der Waals surface area contributed by atoms with Crippen LogP contribution in [0.25, 0.3) is 0 Å². The zero-order valence-corrected chi connectivity index (χ0v) is 9.27. The second-order valence-electron chi connectivity index (χ2n) is 5.06. The smallest absolute Gasteiger partial charge is 0.0927 e. The van der Waals surface area contributed by atoms with Crippen molar-refractivity contribution in [1.82, 2.24) is 4.90 Å². The predicted octanol–water partition coefficient (Wildman–Crippen LogP) is 1.87. The van der Waals surface area contributed by atoms with Crippen LogP contribution >= 0.6 is 0 Å². The molecule has 3 nitrogen and oxygen atoms in total. The van der Waals surface area contributed by atoms with Crippen LogP contribution in [-0.2, 0) is 4.74 Å². The summed E-state index contributed by atoms with van der Waals surface area (Å²) in [6.07, 6.45) is 0. The molecule has 1 fully saturated rings. The molecule has 0 aromatic rings. The lowest BCUT2D eigenvalue weighted by atomic mass is 9.99. The normalized spacial score (nSPS) is 25.8. The highest BCUT2D eigenvalue weighted by Gasteiger charge is 2.38. The van der Waals surface area contributed by atoms with Gasteiger partial charge in [-0.3, -0.25) is 5.41 Å². The topological polar surface area (TPSA) is 36.3 Å². The summed E-state index contributed by atoms with van der Waals surface area (Å²) in [5.41, 5.74) is -0.297. The number of amidine groups is 1. The summed E-state index contributed by atoms with van der Waals surface area (Å²) in [5.74, 6) is 0.629. The molecule has 1 aliphatic heterocycles. The fourth-order valence-electron chi connectivity index (χ4n) is 2.02. The van der Waals surface area contributed by atoms with E-state index in [1.807, 2.05) is 6.92 Å². The van der Waals surface area contributed by atoms with E-state index < -0.39 is 0 Å². The average Bonchev–Trinajstić information content (AvgIpc) is 1.79. The Morgan fingerprint density at radius 2 is 1.54 bits per heavy atom. The van der Waals surface area contributed by atoms with Gasteiger partial charge in [0.15, 0.2) is 0 Å². The first-order chi connectivity index (χ1) is 5.72. The third-order valence-corrected chi connectivity index (χ3v) is 2.17. The van der Waals surface area contributed by atoms with Crippen molar-refractivity contribution in [3.63, 3.8) is 0 Å². The minimum atomic E-state index is -0.149. The zero-order chi connectivity index (χ0) is 10.3. The summed E-state index contributed by atoms with van der Waals surface area (Å²) in [6.45, 7) is 11.7. The Morgan fingerprint density at radius 3 is 1.85 bits per heavy atom. The maximum atomic E-state index is 7.61. The number of hydrogen-bond donors (Lipinski definition) is 1. The Labute approximate surface area is 80.6 Å². The average molecular weight is 184 g/mol. The van der Waals surface area contributed by atoms with Crippen LogP contribution in [0.15, 0.2) is 0 Å². The summed E-state index contributed by atoms with van der Waals surface area (Å²) in [5, 5.41) is 7.61. The molecule has 0 aromatic heterocycles. The van der Waals surface area contributed by atoms with Gasteiger partial charge in [0.2, 0.25) is 0 Å². The van der Waals surface area contributed by atoms with Gasteiger partial charge in [-0.25, -0.2) is 0 Å². The molecule has 76 valence electrons. The highest BCUT2D eigenvalue weighted by molar-refractivity contribution is 5.76. The summed E-state index contributed by atoms with van der Waals surface area (Å²) in [4.78, 5) is 2.07. The van der Waals surface area contributed by atoms with Gasteiger partial charge < -0.3 is 9.64 Å². The van der Waals surface area contributed by atoms with Gasteiger partial charge in [-0.15, -0.1) is 0 Å². The van der Waals surface area contributed by atoms with Gasteiger partial charge in [-0.05, 0) is 34.6 Å². The second kappa shape index (κ2) is 2.98. The van der Waals surface area contributed by atoms with E-state index in [2.05, 4.69) is 32.6 Å². The quantitative estimate of drug-likeness (QED) is 0.461. The minimum Gasteiger partial charge on any atom is -0.366 e. The number of ether oxygens (including phenoxy) is 1. The second-order valence-corrected chi connectivity index (χ2v) is 5.06. The van der Waals surface area contributed by atoms with Gasteiger partial charge in [0.1, 0.15) is 0 Å². The molecular formula is C10H20N2O. The molecule has 3 heteroatoms. The lowest BCUT2D eigenvalue weighted by molar-refractivity contribution is -0.167. The molecule has 13 heavy (non-hydrogen) atoms. The largest absolute Gasteiger partial charge is 0.366 e. The van der Waals surface area contributed by atoms with Crippen LogP contribution in [0.2, 0.25) is 0 Å². The maximum Gasteiger partial charge on any atom is 0.0927 e. The predicted molar refractivity (Wildman–Crippen MR) is 54.2 cm³/mol. The Morgan fingerprint density at radius 1 is 1.15 bits per heavy atom. The molecule has 1 saturated heterocycles. The zero-order valence-electron chi connectivity index (χ0n) is 9.27. The van der Waals surface area contributed by atoms with E-state index in [-0.39, 0.29) is 11.2 Å². The van der Waals surface area contributed by atoms with E-state index in [1.54, 1.807) is 0 Å². The number of rotatable bonds is 0. The van der Waals surface area contributed by atoms with Crippen molar-refractivity contribution >= 4 is 5.84 Å². The summed E-state index contributed by atoms with van der Waals surface area (Å²) in [6, 6.07) is 0. The van der Waals surface area contributed by atoms with Crippen molar-refractivity contribution in [3.05, 3.63) is 0 Å². The number of nitrogens with one attached hydrogen (secondary N) is 1. The molecular weight excluding hydrogens is 164 g/mol. The molecule has 1 N–H and O–H groups in total. The third kappa shape index (κ3) is 2.69. The van der Waals surface area contributed by atoms with E-state index in [9.17, 15) is 0 Å². The van der Waals surface area contributed by atoms with Gasteiger partial charge in [0, 0.05) is 13.1 Å². The Kier molecular flexibility index (Phi) is 2.41. The van der Waals surface area contributed by atoms with Crippen molar-refractivity contribution in [2.75, 3.05) is 13.1 Å². The molecule has 1 heterocycles. The molecule has 0 spiro atoms. The van der Waals surface area contributed by atoms with Crippen molar-refractivity contribution in [1.29, 1.82) is 5.41 Å². The van der Waals surface area contributed by atoms with Crippen molar-refractivity contribution in [2.24, 2.45) is 0 Å². The van der Waals surface area contributed by atoms with Crippen LogP contribution in [0.1, 0.15) is 34.6 Å². The fourth-order valence-corrected chi connectivity index (χ4v) is 2.02. The van der Waals surface area contributed by atoms with Crippen LogP contribution in [-0.4, -0.2) is 35.0 Å². The van der Waals surface area contributed by atoms with Gasteiger partial charge in [0.25, 0.3) is 0 Å². The lowest BCUT2D eigenvalue weighted by Crippen LogP contribution is -2.58. The van der Waals surface area contributed by atoms with Gasteiger partial charge in [-0.2, -0.15) is 0 Å². The maximum absolute atomic E-state index is 7.61. The van der Waals surface area contributed by atoms with E-state index in [0.29, 0.717) is 5.84 Å². The first-order valence-corrected chi connectivity index (χ1v) is 4.72. The monoisotopic (exact) mass is 184 g/mol. The SMILES string of the molecule is CC(=N)N1CC(C)(C)OC(C)(C)C1. The van der Waals surface area contributed by atoms with E-state index in [0.717, 1.165) is 13.1 Å². The molecule has 1 rings (SSSR count). The van der Waals surface area contributed by atoms with Crippen LogP contribution in [0, 0.1) is 5.41 Å². The molecule has 0 amide bonds. The van der Waals surface area contributed by atoms with Crippen molar-refractivity contribution < 1.29 is 4.74 Å². The number of morpholine rings is 1. The highest BCUT2D eigenvalue weighted by atomic mass is 16.5. The first kappa shape index (κ1) is 10.5. The Bertz CT molecular complexity index is 205. The molecule has 0 atom stereocenters. The van der Waals surface area contributed by atoms with Gasteiger partial charge in [-0.1, -0.05) is 0 Å². The third-order valence-electron chi connectivity index (χ3n) is 2.17. The Balaban J connectivity index is 2.78. The molecule has 0 aromatic carbocycles. The molecule has 0 aliphatic carbocycles. The highest BCUT2D eigenvalue weighted by Crippen LogP contribution is 2.27. The summed E-state index contributed by atoms with van der Waals surface area (Å²) in [7, 11) is 0. The Hall–Kier alpha value is -0.570. The van der Waals surface area contributed by atoms with Gasteiger partial charge >= 0.3 is 0 Å². The van der Waals surface area contributed by atoms with Crippen LogP contribution in [0.4, 0.5) is 0 Å². The van der Waals surface area contributed by atoms with Crippen LogP contribution in [0.3, 0.4) is 0 Å². The standard InChI is InChI=1S/C10H20N2O/c1-8(11)12-6-9(2,3)13-10(4,5)7-12/h11H,6-7H2,1-5H3. The molecule has 0 saturated carbocycles. The molecule has 1 aliphatic rings. The van der Waals surface area contributed by atoms with E-state index in [1.165, 1.54) is 0 Å². The van der Waals surface area contributed by atoms with E-state index in [4.69, 9.17) is 10.1 Å². The first-order valence-electron chi connectivity index (χ1n) is 4.72. The van der Waals surface area contributed by atoms with Crippen LogP contribution < -0.4 is 0 Å². The summed E-state index contributed by atoms with van der Waals surface area (Å²) < 4.78 is 5.90. The molecule has 0 unspecified atom stereocenters. The molecule has 0 radical (unpaired) electrons. The summed E-state index contributed by atoms with van der Waals surface area (Å²) >= 11 is 0.